The van der Waals surface area contributed by atoms with Gasteiger partial charge in [-0.05, 0) is 25.5 Å². The summed E-state index contributed by atoms with van der Waals surface area (Å²) in [5, 5.41) is 1.87. The first kappa shape index (κ1) is 19.0. The van der Waals surface area contributed by atoms with Gasteiger partial charge in [0.1, 0.15) is 0 Å². The van der Waals surface area contributed by atoms with Gasteiger partial charge >= 0.3 is 12.1 Å². The molecule has 1 amide bonds. The first-order valence-electron chi connectivity index (χ1n) is 7.40. The number of esters is 1. The van der Waals surface area contributed by atoms with Gasteiger partial charge in [-0.3, -0.25) is 4.79 Å². The molecule has 1 N–H and O–H groups in total. The lowest BCUT2D eigenvalue weighted by atomic mass is 9.91. The van der Waals surface area contributed by atoms with Crippen molar-refractivity contribution in [1.29, 1.82) is 0 Å². The van der Waals surface area contributed by atoms with Crippen LogP contribution in [0.2, 0.25) is 0 Å². The average molecular weight is 331 g/mol. The summed E-state index contributed by atoms with van der Waals surface area (Å²) in [5.74, 6) is -2.45. The van der Waals surface area contributed by atoms with Crippen molar-refractivity contribution in [2.24, 2.45) is 0 Å². The number of alkyl halides is 3. The van der Waals surface area contributed by atoms with E-state index in [0.29, 0.717) is 6.42 Å². The number of hydrogen-bond donors (Lipinski definition) is 1. The standard InChI is InChI=1S/C16H20F3NO3/c1-3-5-11-15(16(17,18)19,14(22)23-4-2)20-13(21)12-9-7-6-8-10-12/h6-10H,3-5,11H2,1-2H3,(H,20,21). The van der Waals surface area contributed by atoms with Gasteiger partial charge < -0.3 is 10.1 Å². The zero-order valence-corrected chi connectivity index (χ0v) is 13.1. The fourth-order valence-corrected chi connectivity index (χ4v) is 2.10. The third-order valence-electron chi connectivity index (χ3n) is 3.38. The molecule has 0 aliphatic carbocycles. The van der Waals surface area contributed by atoms with Crippen molar-refractivity contribution < 1.29 is 27.5 Å². The second-order valence-corrected chi connectivity index (χ2v) is 5.05. The van der Waals surface area contributed by atoms with E-state index < -0.39 is 30.0 Å². The van der Waals surface area contributed by atoms with E-state index in [-0.39, 0.29) is 18.6 Å². The van der Waals surface area contributed by atoms with E-state index in [9.17, 15) is 22.8 Å². The van der Waals surface area contributed by atoms with E-state index in [2.05, 4.69) is 4.74 Å². The molecule has 0 heterocycles. The Labute approximate surface area is 133 Å². The lowest BCUT2D eigenvalue weighted by Crippen LogP contribution is -2.64. The van der Waals surface area contributed by atoms with Crippen LogP contribution in [0.1, 0.15) is 43.5 Å². The molecule has 4 nitrogen and oxygen atoms in total. The van der Waals surface area contributed by atoms with Crippen LogP contribution in [0.3, 0.4) is 0 Å². The van der Waals surface area contributed by atoms with Crippen LogP contribution < -0.4 is 5.32 Å². The van der Waals surface area contributed by atoms with E-state index >= 15 is 0 Å². The predicted octanol–water partition coefficient (Wildman–Crippen LogP) is 3.47. The van der Waals surface area contributed by atoms with Crippen molar-refractivity contribution in [2.45, 2.75) is 44.8 Å². The van der Waals surface area contributed by atoms with E-state index in [4.69, 9.17) is 0 Å². The van der Waals surface area contributed by atoms with Crippen molar-refractivity contribution >= 4 is 11.9 Å². The smallest absolute Gasteiger partial charge is 0.422 e. The molecule has 0 saturated carbocycles. The Kier molecular flexibility index (Phi) is 6.60. The van der Waals surface area contributed by atoms with Gasteiger partial charge in [-0.1, -0.05) is 38.0 Å². The normalized spacial score (nSPS) is 14.0. The van der Waals surface area contributed by atoms with Crippen LogP contribution in [-0.4, -0.2) is 30.2 Å². The van der Waals surface area contributed by atoms with Gasteiger partial charge in [0, 0.05) is 5.56 Å². The topological polar surface area (TPSA) is 55.4 Å². The average Bonchev–Trinajstić information content (AvgIpc) is 2.51. The summed E-state index contributed by atoms with van der Waals surface area (Å²) >= 11 is 0. The Morgan fingerprint density at radius 1 is 1.13 bits per heavy atom. The van der Waals surface area contributed by atoms with Gasteiger partial charge in [0.05, 0.1) is 6.61 Å². The maximum atomic E-state index is 13.6. The fraction of sp³-hybridized carbons (Fsp3) is 0.500. The number of nitrogens with one attached hydrogen (secondary N) is 1. The highest BCUT2D eigenvalue weighted by Crippen LogP contribution is 2.36. The summed E-state index contributed by atoms with van der Waals surface area (Å²) in [6, 6.07) is 7.44. The van der Waals surface area contributed by atoms with Crippen LogP contribution in [0.15, 0.2) is 30.3 Å². The molecular formula is C16H20F3NO3. The van der Waals surface area contributed by atoms with Gasteiger partial charge in [-0.25, -0.2) is 4.79 Å². The minimum atomic E-state index is -4.96. The number of carbonyl (C=O) groups is 2. The molecule has 1 aromatic rings. The summed E-state index contributed by atoms with van der Waals surface area (Å²) in [6.45, 7) is 2.91. The van der Waals surface area contributed by atoms with Crippen LogP contribution in [-0.2, 0) is 9.53 Å². The molecule has 0 bridgehead atoms. The molecule has 128 valence electrons. The highest BCUT2D eigenvalue weighted by atomic mass is 19.4. The monoisotopic (exact) mass is 331 g/mol. The molecule has 1 atom stereocenters. The minimum absolute atomic E-state index is 0.0434. The molecule has 0 saturated heterocycles. The number of halogens is 3. The van der Waals surface area contributed by atoms with E-state index in [1.165, 1.54) is 31.2 Å². The van der Waals surface area contributed by atoms with Gasteiger partial charge in [-0.15, -0.1) is 0 Å². The molecule has 0 aliphatic rings. The highest BCUT2D eigenvalue weighted by molar-refractivity contribution is 5.98. The van der Waals surface area contributed by atoms with Crippen LogP contribution in [0.5, 0.6) is 0 Å². The second kappa shape index (κ2) is 7.99. The molecule has 0 aromatic heterocycles. The zero-order valence-electron chi connectivity index (χ0n) is 13.1. The number of unbranched alkanes of at least 4 members (excludes halogenated alkanes) is 1. The van der Waals surface area contributed by atoms with Crippen molar-refractivity contribution in [3.05, 3.63) is 35.9 Å². The van der Waals surface area contributed by atoms with E-state index in [1.54, 1.807) is 13.0 Å². The van der Waals surface area contributed by atoms with Crippen molar-refractivity contribution in [2.75, 3.05) is 6.61 Å². The molecule has 0 fully saturated rings. The summed E-state index contributed by atoms with van der Waals surface area (Å²) in [5.41, 5.74) is -2.99. The Bertz CT molecular complexity index is 531. The number of hydrogen-bond acceptors (Lipinski definition) is 3. The van der Waals surface area contributed by atoms with Crippen molar-refractivity contribution in [3.63, 3.8) is 0 Å². The molecule has 7 heteroatoms. The maximum absolute atomic E-state index is 13.6. The second-order valence-electron chi connectivity index (χ2n) is 5.05. The highest BCUT2D eigenvalue weighted by Gasteiger charge is 2.62. The quantitative estimate of drug-likeness (QED) is 0.778. The first-order chi connectivity index (χ1) is 10.8. The minimum Gasteiger partial charge on any atom is -0.464 e. The number of benzene rings is 1. The summed E-state index contributed by atoms with van der Waals surface area (Å²) in [7, 11) is 0. The van der Waals surface area contributed by atoms with Crippen LogP contribution >= 0.6 is 0 Å². The summed E-state index contributed by atoms with van der Waals surface area (Å²) in [4.78, 5) is 24.2. The molecule has 0 aliphatic heterocycles. The summed E-state index contributed by atoms with van der Waals surface area (Å²) in [6.07, 6.45) is -4.96. The number of amides is 1. The molecule has 1 aromatic carbocycles. The van der Waals surface area contributed by atoms with Gasteiger partial charge in [-0.2, -0.15) is 13.2 Å². The number of rotatable bonds is 7. The fourth-order valence-electron chi connectivity index (χ4n) is 2.10. The van der Waals surface area contributed by atoms with E-state index in [0.717, 1.165) is 0 Å². The van der Waals surface area contributed by atoms with Crippen LogP contribution in [0.4, 0.5) is 13.2 Å². The van der Waals surface area contributed by atoms with Crippen LogP contribution in [0.25, 0.3) is 0 Å². The Morgan fingerprint density at radius 2 is 1.74 bits per heavy atom. The largest absolute Gasteiger partial charge is 0.464 e. The van der Waals surface area contributed by atoms with Crippen LogP contribution in [0, 0.1) is 0 Å². The molecule has 23 heavy (non-hydrogen) atoms. The Balaban J connectivity index is 3.20. The maximum Gasteiger partial charge on any atom is 0.422 e. The zero-order chi connectivity index (χ0) is 17.5. The third kappa shape index (κ3) is 4.46. The Hall–Kier alpha value is -2.05. The van der Waals surface area contributed by atoms with Gasteiger partial charge in [0.2, 0.25) is 5.54 Å². The first-order valence-corrected chi connectivity index (χ1v) is 7.40. The Morgan fingerprint density at radius 3 is 2.22 bits per heavy atom. The molecule has 0 radical (unpaired) electrons. The lowest BCUT2D eigenvalue weighted by molar-refractivity contribution is -0.212. The van der Waals surface area contributed by atoms with E-state index in [1.807, 2.05) is 5.32 Å². The van der Waals surface area contributed by atoms with Gasteiger partial charge in [0.25, 0.3) is 5.91 Å². The summed E-state index contributed by atoms with van der Waals surface area (Å²) < 4.78 is 45.5. The number of ether oxygens (including phenoxy) is 1. The third-order valence-corrected chi connectivity index (χ3v) is 3.38. The van der Waals surface area contributed by atoms with Gasteiger partial charge in [0.15, 0.2) is 0 Å². The molecule has 1 rings (SSSR count). The van der Waals surface area contributed by atoms with Crippen molar-refractivity contribution in [1.82, 2.24) is 5.32 Å². The molecular weight excluding hydrogens is 311 g/mol. The number of carbonyl (C=O) groups excluding carboxylic acids is 2. The lowest BCUT2D eigenvalue weighted by Gasteiger charge is -2.34. The predicted molar refractivity (Wildman–Crippen MR) is 78.9 cm³/mol. The van der Waals surface area contributed by atoms with Crippen molar-refractivity contribution in [3.8, 4) is 0 Å². The SMILES string of the molecule is CCCCC(NC(=O)c1ccccc1)(C(=O)OCC)C(F)(F)F. The molecule has 1 unspecified atom stereocenters. The molecule has 0 spiro atoms.